The third-order valence-electron chi connectivity index (χ3n) is 4.51. The molecule has 2 heterocycles. The molecular weight excluding hydrogens is 387 g/mol. The number of carbonyl (C=O) groups excluding carboxylic acids is 2. The highest BCUT2D eigenvalue weighted by atomic mass is 19.3. The van der Waals surface area contributed by atoms with E-state index in [1.807, 2.05) is 0 Å². The molecule has 0 saturated heterocycles. The number of rotatable bonds is 5. The number of nitrogens with zero attached hydrogens (tertiary/aromatic N) is 2. The first kappa shape index (κ1) is 20.6. The van der Waals surface area contributed by atoms with Gasteiger partial charge in [0.1, 0.15) is 5.82 Å². The van der Waals surface area contributed by atoms with Crippen molar-refractivity contribution in [1.29, 1.82) is 0 Å². The highest BCUT2D eigenvalue weighted by Gasteiger charge is 2.26. The average molecular weight is 407 g/mol. The van der Waals surface area contributed by atoms with Crippen molar-refractivity contribution in [2.75, 3.05) is 18.1 Å². The van der Waals surface area contributed by atoms with E-state index in [1.54, 1.807) is 19.1 Å². The maximum Gasteiger partial charge on any atom is 0.414 e. The van der Waals surface area contributed by atoms with Crippen molar-refractivity contribution in [3.05, 3.63) is 59.2 Å². The second kappa shape index (κ2) is 8.93. The first-order chi connectivity index (χ1) is 13.8. The highest BCUT2D eigenvalue weighted by Crippen LogP contribution is 2.28. The number of alkyl halides is 2. The number of ether oxygens (including phenoxy) is 1. The fourth-order valence-corrected chi connectivity index (χ4v) is 3.06. The number of amides is 2. The monoisotopic (exact) mass is 407 g/mol. The number of aromatic nitrogens is 1. The number of fused-ring (bicyclic) bond motifs is 1. The van der Waals surface area contributed by atoms with E-state index in [0.717, 1.165) is 0 Å². The zero-order chi connectivity index (χ0) is 21.0. The second-order valence-electron chi connectivity index (χ2n) is 6.63. The summed E-state index contributed by atoms with van der Waals surface area (Å²) in [6.07, 6.45) is -2.34. The van der Waals surface area contributed by atoms with Gasteiger partial charge < -0.3 is 10.1 Å². The molecule has 2 amide bonds. The Hall–Kier alpha value is -3.10. The Morgan fingerprint density at radius 2 is 1.93 bits per heavy atom. The summed E-state index contributed by atoms with van der Waals surface area (Å²) in [6, 6.07) is 8.09. The van der Waals surface area contributed by atoms with Gasteiger partial charge in [0, 0.05) is 12.1 Å². The number of carbonyl (C=O) groups is 2. The Balaban J connectivity index is 1.71. The molecule has 2 aromatic rings. The van der Waals surface area contributed by atoms with Crippen LogP contribution in [0.4, 0.5) is 23.7 Å². The number of benzene rings is 1. The molecule has 1 N–H and O–H groups in total. The van der Waals surface area contributed by atoms with Gasteiger partial charge in [-0.05, 0) is 56.2 Å². The van der Waals surface area contributed by atoms with Crippen LogP contribution in [0.3, 0.4) is 0 Å². The Morgan fingerprint density at radius 1 is 1.21 bits per heavy atom. The summed E-state index contributed by atoms with van der Waals surface area (Å²) in [6.45, 7) is 1.16. The molecule has 0 bridgehead atoms. The van der Waals surface area contributed by atoms with Gasteiger partial charge in [0.15, 0.2) is 6.61 Å². The van der Waals surface area contributed by atoms with E-state index in [9.17, 15) is 22.8 Å². The van der Waals surface area contributed by atoms with Gasteiger partial charge in [-0.25, -0.2) is 18.0 Å². The molecule has 154 valence electrons. The van der Waals surface area contributed by atoms with Gasteiger partial charge >= 0.3 is 6.09 Å². The lowest BCUT2D eigenvalue weighted by Gasteiger charge is -2.28. The van der Waals surface area contributed by atoms with Crippen LogP contribution in [0.25, 0.3) is 0 Å². The summed E-state index contributed by atoms with van der Waals surface area (Å²) in [7, 11) is 0. The second-order valence-corrected chi connectivity index (χ2v) is 6.63. The lowest BCUT2D eigenvalue weighted by Crippen LogP contribution is -2.37. The van der Waals surface area contributed by atoms with Gasteiger partial charge in [0.25, 0.3) is 12.3 Å². The molecule has 0 saturated carbocycles. The topological polar surface area (TPSA) is 71.5 Å². The lowest BCUT2D eigenvalue weighted by atomic mass is 10.1. The molecule has 29 heavy (non-hydrogen) atoms. The van der Waals surface area contributed by atoms with Crippen LogP contribution >= 0.6 is 0 Å². The normalized spacial score (nSPS) is 14.3. The largest absolute Gasteiger partial charge is 0.443 e. The van der Waals surface area contributed by atoms with Crippen molar-refractivity contribution in [2.24, 2.45) is 0 Å². The number of aryl methyl sites for hydroxylation is 1. The highest BCUT2D eigenvalue weighted by molar-refractivity contribution is 5.94. The van der Waals surface area contributed by atoms with E-state index in [0.29, 0.717) is 42.0 Å². The van der Waals surface area contributed by atoms with E-state index in [1.165, 1.54) is 29.2 Å². The Bertz CT molecular complexity index is 890. The van der Waals surface area contributed by atoms with Gasteiger partial charge in [-0.3, -0.25) is 14.7 Å². The third kappa shape index (κ3) is 5.04. The minimum absolute atomic E-state index is 0.323. The molecule has 1 aliphatic heterocycles. The summed E-state index contributed by atoms with van der Waals surface area (Å²) in [4.78, 5) is 30.2. The van der Waals surface area contributed by atoms with Crippen LogP contribution in [0.2, 0.25) is 0 Å². The van der Waals surface area contributed by atoms with Crippen LogP contribution in [-0.4, -0.2) is 36.6 Å². The van der Waals surface area contributed by atoms with Gasteiger partial charge in [-0.2, -0.15) is 0 Å². The zero-order valence-corrected chi connectivity index (χ0v) is 15.7. The van der Waals surface area contributed by atoms with Crippen LogP contribution in [0, 0.1) is 5.82 Å². The van der Waals surface area contributed by atoms with E-state index < -0.39 is 31.0 Å². The molecule has 1 aromatic carbocycles. The number of pyridine rings is 1. The van der Waals surface area contributed by atoms with Crippen LogP contribution < -0.4 is 10.2 Å². The van der Waals surface area contributed by atoms with Crippen LogP contribution in [0.15, 0.2) is 36.4 Å². The van der Waals surface area contributed by atoms with Gasteiger partial charge in [-0.1, -0.05) is 0 Å². The summed E-state index contributed by atoms with van der Waals surface area (Å²) >= 11 is 0. The fourth-order valence-electron chi connectivity index (χ4n) is 3.06. The first-order valence-corrected chi connectivity index (χ1v) is 9.14. The molecule has 0 spiro atoms. The molecule has 1 atom stereocenters. The fraction of sp³-hybridized carbons (Fsp3) is 0.350. The quantitative estimate of drug-likeness (QED) is 0.817. The van der Waals surface area contributed by atoms with Crippen LogP contribution in [0.5, 0.6) is 0 Å². The SMILES string of the molecule is CC(NC(=O)c1ccc(F)cc1)c1ccc2c(n1)CCCN2C(=O)OCC(F)F. The Morgan fingerprint density at radius 3 is 2.62 bits per heavy atom. The Kier molecular flexibility index (Phi) is 6.36. The van der Waals surface area contributed by atoms with E-state index >= 15 is 0 Å². The van der Waals surface area contributed by atoms with E-state index in [-0.39, 0.29) is 5.91 Å². The summed E-state index contributed by atoms with van der Waals surface area (Å²) in [5.41, 5.74) is 2.05. The zero-order valence-electron chi connectivity index (χ0n) is 15.7. The lowest BCUT2D eigenvalue weighted by molar-refractivity contribution is 0.0517. The van der Waals surface area contributed by atoms with Crippen molar-refractivity contribution in [3.8, 4) is 0 Å². The third-order valence-corrected chi connectivity index (χ3v) is 4.51. The predicted molar refractivity (Wildman–Crippen MR) is 99.5 cm³/mol. The van der Waals surface area contributed by atoms with Crippen molar-refractivity contribution in [1.82, 2.24) is 10.3 Å². The number of nitrogens with one attached hydrogen (secondary N) is 1. The molecule has 1 unspecified atom stereocenters. The number of anilines is 1. The maximum atomic E-state index is 13.0. The number of hydrogen-bond acceptors (Lipinski definition) is 4. The van der Waals surface area contributed by atoms with Gasteiger partial charge in [-0.15, -0.1) is 0 Å². The smallest absolute Gasteiger partial charge is 0.414 e. The molecule has 3 rings (SSSR count). The minimum Gasteiger partial charge on any atom is -0.443 e. The maximum absolute atomic E-state index is 13.0. The molecule has 6 nitrogen and oxygen atoms in total. The van der Waals surface area contributed by atoms with Crippen molar-refractivity contribution in [2.45, 2.75) is 32.2 Å². The molecule has 9 heteroatoms. The molecule has 0 aliphatic carbocycles. The standard InChI is InChI=1S/C20H20F3N3O3/c1-12(24-19(27)13-4-6-14(21)7-5-13)15-8-9-17-16(25-15)3-2-10-26(17)20(28)29-11-18(22)23/h4-9,12,18H,2-3,10-11H2,1H3,(H,24,27). The van der Waals surface area contributed by atoms with Gasteiger partial charge in [0.05, 0.1) is 23.1 Å². The first-order valence-electron chi connectivity index (χ1n) is 9.14. The summed E-state index contributed by atoms with van der Waals surface area (Å²) in [5, 5.41) is 2.79. The number of halogens is 3. The summed E-state index contributed by atoms with van der Waals surface area (Å²) in [5.74, 6) is -0.795. The van der Waals surface area contributed by atoms with E-state index in [2.05, 4.69) is 15.0 Å². The van der Waals surface area contributed by atoms with Crippen molar-refractivity contribution in [3.63, 3.8) is 0 Å². The van der Waals surface area contributed by atoms with Crippen molar-refractivity contribution < 1.29 is 27.5 Å². The molecule has 1 aliphatic rings. The van der Waals surface area contributed by atoms with Crippen LogP contribution in [-0.2, 0) is 11.2 Å². The summed E-state index contributed by atoms with van der Waals surface area (Å²) < 4.78 is 42.2. The molecule has 1 aromatic heterocycles. The minimum atomic E-state index is -2.73. The Labute approximate surface area is 165 Å². The number of hydrogen-bond donors (Lipinski definition) is 1. The van der Waals surface area contributed by atoms with Crippen molar-refractivity contribution >= 4 is 17.7 Å². The van der Waals surface area contributed by atoms with Crippen LogP contribution in [0.1, 0.15) is 41.1 Å². The van der Waals surface area contributed by atoms with Gasteiger partial charge in [0.2, 0.25) is 0 Å². The molecule has 0 radical (unpaired) electrons. The molecular formula is C20H20F3N3O3. The molecule has 0 fully saturated rings. The van der Waals surface area contributed by atoms with E-state index in [4.69, 9.17) is 0 Å². The average Bonchev–Trinajstić information content (AvgIpc) is 2.71. The predicted octanol–water partition coefficient (Wildman–Crippen LogP) is 3.87.